The Balaban J connectivity index is 1.94. The molecule has 0 saturated carbocycles. The first-order valence-electron chi connectivity index (χ1n) is 5.98. The van der Waals surface area contributed by atoms with E-state index in [0.29, 0.717) is 10.8 Å². The zero-order chi connectivity index (χ0) is 13.7. The first-order chi connectivity index (χ1) is 9.20. The fourth-order valence-electron chi connectivity index (χ4n) is 1.50. The Labute approximate surface area is 116 Å². The van der Waals surface area contributed by atoms with Crippen LogP contribution in [0.2, 0.25) is 0 Å². The van der Waals surface area contributed by atoms with E-state index in [4.69, 9.17) is 12.2 Å². The first-order valence-corrected chi connectivity index (χ1v) is 6.39. The van der Waals surface area contributed by atoms with E-state index < -0.39 is 0 Å². The lowest BCUT2D eigenvalue weighted by Gasteiger charge is -2.09. The number of hydrogen-bond acceptors (Lipinski definition) is 3. The molecule has 0 aromatic carbocycles. The molecule has 0 radical (unpaired) electrons. The highest BCUT2D eigenvalue weighted by Gasteiger charge is 2.10. The molecule has 0 unspecified atom stereocenters. The minimum atomic E-state index is -0.329. The summed E-state index contributed by atoms with van der Waals surface area (Å²) in [7, 11) is 0. The smallest absolute Gasteiger partial charge is 0.289 e. The number of nitrogens with zero attached hydrogens (tertiary/aromatic N) is 2. The molecule has 100 valence electrons. The lowest BCUT2D eigenvalue weighted by Crippen LogP contribution is -2.47. The highest BCUT2D eigenvalue weighted by molar-refractivity contribution is 7.80. The van der Waals surface area contributed by atoms with Crippen molar-refractivity contribution in [3.05, 3.63) is 36.3 Å². The van der Waals surface area contributed by atoms with Crippen LogP contribution in [0.15, 0.2) is 30.6 Å². The topological polar surface area (TPSA) is 70.5 Å². The van der Waals surface area contributed by atoms with Crippen molar-refractivity contribution in [1.82, 2.24) is 25.6 Å². The van der Waals surface area contributed by atoms with Crippen LogP contribution in [0.1, 0.15) is 23.8 Å². The van der Waals surface area contributed by atoms with Crippen molar-refractivity contribution < 1.29 is 4.79 Å². The highest BCUT2D eigenvalue weighted by Crippen LogP contribution is 2.03. The molecule has 7 heteroatoms. The third-order valence-electron chi connectivity index (χ3n) is 2.42. The maximum Gasteiger partial charge on any atom is 0.289 e. The number of aromatic nitrogens is 2. The average Bonchev–Trinajstić information content (AvgIpc) is 2.86. The number of thiocarbonyl (C=S) groups is 1. The van der Waals surface area contributed by atoms with Crippen molar-refractivity contribution in [3.8, 4) is 0 Å². The minimum absolute atomic E-state index is 0.329. The summed E-state index contributed by atoms with van der Waals surface area (Å²) in [4.78, 5) is 16.1. The molecule has 2 aromatic rings. The van der Waals surface area contributed by atoms with E-state index in [1.165, 1.54) is 0 Å². The molecule has 0 saturated heterocycles. The minimum Gasteiger partial charge on any atom is -0.361 e. The van der Waals surface area contributed by atoms with Gasteiger partial charge in [-0.1, -0.05) is 13.0 Å². The first kappa shape index (κ1) is 13.3. The van der Waals surface area contributed by atoms with Crippen LogP contribution in [0.3, 0.4) is 0 Å². The normalized spacial score (nSPS) is 10.2. The summed E-state index contributed by atoms with van der Waals surface area (Å²) in [5.41, 5.74) is 6.18. The SMILES string of the molecule is CCCNC(=S)NNC(=O)c1cn2ccccc2n1. The molecule has 19 heavy (non-hydrogen) atoms. The molecular formula is C12H15N5OS. The molecule has 3 N–H and O–H groups in total. The van der Waals surface area contributed by atoms with Gasteiger partial charge in [-0.15, -0.1) is 0 Å². The number of carbonyl (C=O) groups is 1. The van der Waals surface area contributed by atoms with Gasteiger partial charge in [0.25, 0.3) is 5.91 Å². The molecule has 2 aromatic heterocycles. The molecule has 0 aliphatic carbocycles. The summed E-state index contributed by atoms with van der Waals surface area (Å²) >= 11 is 4.99. The Morgan fingerprint density at radius 3 is 3.00 bits per heavy atom. The number of hydrogen-bond donors (Lipinski definition) is 3. The number of pyridine rings is 1. The van der Waals surface area contributed by atoms with Crippen molar-refractivity contribution >= 4 is 28.9 Å². The van der Waals surface area contributed by atoms with E-state index in [1.54, 1.807) is 10.6 Å². The van der Waals surface area contributed by atoms with Gasteiger partial charge in [0, 0.05) is 18.9 Å². The van der Waals surface area contributed by atoms with Crippen molar-refractivity contribution in [1.29, 1.82) is 0 Å². The summed E-state index contributed by atoms with van der Waals surface area (Å²) in [5.74, 6) is -0.329. The third kappa shape index (κ3) is 3.41. The van der Waals surface area contributed by atoms with Crippen molar-refractivity contribution in [3.63, 3.8) is 0 Å². The van der Waals surface area contributed by atoms with Crippen molar-refractivity contribution in [2.45, 2.75) is 13.3 Å². The molecular weight excluding hydrogens is 262 g/mol. The Kier molecular flexibility index (Phi) is 4.30. The highest BCUT2D eigenvalue weighted by atomic mass is 32.1. The summed E-state index contributed by atoms with van der Waals surface area (Å²) < 4.78 is 1.78. The van der Waals surface area contributed by atoms with Crippen LogP contribution in [-0.2, 0) is 0 Å². The van der Waals surface area contributed by atoms with Gasteiger partial charge in [-0.2, -0.15) is 0 Å². The van der Waals surface area contributed by atoms with Gasteiger partial charge in [0.2, 0.25) is 0 Å². The molecule has 0 aliphatic heterocycles. The van der Waals surface area contributed by atoms with E-state index in [1.807, 2.05) is 31.3 Å². The van der Waals surface area contributed by atoms with Crippen LogP contribution in [0.25, 0.3) is 5.65 Å². The lowest BCUT2D eigenvalue weighted by atomic mass is 10.5. The summed E-state index contributed by atoms with van der Waals surface area (Å²) in [6, 6.07) is 5.57. The monoisotopic (exact) mass is 277 g/mol. The van der Waals surface area contributed by atoms with Crippen LogP contribution in [0, 0.1) is 0 Å². The molecule has 6 nitrogen and oxygen atoms in total. The number of amides is 1. The zero-order valence-electron chi connectivity index (χ0n) is 10.5. The second-order valence-electron chi connectivity index (χ2n) is 3.93. The molecule has 0 atom stereocenters. The number of imidazole rings is 1. The Hall–Kier alpha value is -2.15. The maximum absolute atomic E-state index is 11.9. The summed E-state index contributed by atoms with van der Waals surface area (Å²) in [6.07, 6.45) is 4.46. The van der Waals surface area contributed by atoms with E-state index in [9.17, 15) is 4.79 Å². The van der Waals surface area contributed by atoms with Gasteiger partial charge in [0.05, 0.1) is 0 Å². The van der Waals surface area contributed by atoms with Crippen molar-refractivity contribution in [2.75, 3.05) is 6.54 Å². The van der Waals surface area contributed by atoms with E-state index in [0.717, 1.165) is 18.6 Å². The summed E-state index contributed by atoms with van der Waals surface area (Å²) in [5, 5.41) is 3.33. The molecule has 2 rings (SSSR count). The number of rotatable bonds is 3. The summed E-state index contributed by atoms with van der Waals surface area (Å²) in [6.45, 7) is 2.79. The molecule has 0 fully saturated rings. The standard InChI is InChI=1S/C12H15N5OS/c1-2-6-13-12(19)16-15-11(18)9-8-17-7-4-3-5-10(17)14-9/h3-5,7-8H,2,6H2,1H3,(H,15,18)(H2,13,16,19). The Morgan fingerprint density at radius 1 is 1.42 bits per heavy atom. The Morgan fingerprint density at radius 2 is 2.26 bits per heavy atom. The number of hydrazine groups is 1. The lowest BCUT2D eigenvalue weighted by molar-refractivity contribution is 0.0939. The predicted molar refractivity (Wildman–Crippen MR) is 76.7 cm³/mol. The fraction of sp³-hybridized carbons (Fsp3) is 0.250. The third-order valence-corrected chi connectivity index (χ3v) is 2.67. The second-order valence-corrected chi connectivity index (χ2v) is 4.34. The van der Waals surface area contributed by atoms with Crippen molar-refractivity contribution in [2.24, 2.45) is 0 Å². The molecule has 1 amide bonds. The second kappa shape index (κ2) is 6.14. The largest absolute Gasteiger partial charge is 0.361 e. The average molecular weight is 277 g/mol. The van der Waals surface area contributed by atoms with Gasteiger partial charge < -0.3 is 9.72 Å². The fourth-order valence-corrected chi connectivity index (χ4v) is 1.66. The number of carbonyl (C=O) groups excluding carboxylic acids is 1. The van der Waals surface area contributed by atoms with E-state index in [-0.39, 0.29) is 5.91 Å². The van der Waals surface area contributed by atoms with E-state index >= 15 is 0 Å². The van der Waals surface area contributed by atoms with Crippen LogP contribution in [0.4, 0.5) is 0 Å². The van der Waals surface area contributed by atoms with Gasteiger partial charge in [-0.05, 0) is 30.8 Å². The van der Waals surface area contributed by atoms with Crippen LogP contribution in [-0.4, -0.2) is 26.9 Å². The number of nitrogens with one attached hydrogen (secondary N) is 3. The molecule has 0 aliphatic rings. The number of fused-ring (bicyclic) bond motifs is 1. The van der Waals surface area contributed by atoms with Crippen LogP contribution < -0.4 is 16.2 Å². The Bertz CT molecular complexity index is 562. The van der Waals surface area contributed by atoms with Gasteiger partial charge in [0.15, 0.2) is 5.11 Å². The van der Waals surface area contributed by atoms with Gasteiger partial charge in [-0.25, -0.2) is 4.98 Å². The van der Waals surface area contributed by atoms with Gasteiger partial charge in [0.1, 0.15) is 11.3 Å². The van der Waals surface area contributed by atoms with Crippen LogP contribution >= 0.6 is 12.2 Å². The molecule has 2 heterocycles. The quantitative estimate of drug-likeness (QED) is 0.573. The van der Waals surface area contributed by atoms with Crippen LogP contribution in [0.5, 0.6) is 0 Å². The van der Waals surface area contributed by atoms with Gasteiger partial charge >= 0.3 is 0 Å². The maximum atomic E-state index is 11.9. The molecule has 0 spiro atoms. The molecule has 0 bridgehead atoms. The zero-order valence-corrected chi connectivity index (χ0v) is 11.3. The predicted octanol–water partition coefficient (Wildman–Crippen LogP) is 0.853. The van der Waals surface area contributed by atoms with Gasteiger partial charge in [-0.3, -0.25) is 15.6 Å². The van der Waals surface area contributed by atoms with E-state index in [2.05, 4.69) is 21.2 Å².